The molecule has 0 radical (unpaired) electrons. The van der Waals surface area contributed by atoms with E-state index in [1.165, 1.54) is 16.0 Å². The molecule has 170 valence electrons. The van der Waals surface area contributed by atoms with Crippen molar-refractivity contribution in [2.75, 3.05) is 17.7 Å². The third kappa shape index (κ3) is 6.12. The number of thioether (sulfide) groups is 2. The van der Waals surface area contributed by atoms with Crippen LogP contribution in [0.4, 0.5) is 10.5 Å². The van der Waals surface area contributed by atoms with Crippen molar-refractivity contribution in [3.8, 4) is 0 Å². The molecule has 0 unspecified atom stereocenters. The molecule has 0 aliphatic rings. The van der Waals surface area contributed by atoms with Gasteiger partial charge in [-0.2, -0.15) is 0 Å². The van der Waals surface area contributed by atoms with E-state index >= 15 is 0 Å². The van der Waals surface area contributed by atoms with Gasteiger partial charge in [-0.15, -0.1) is 11.8 Å². The fraction of sp³-hybridized carbons (Fsp3) is 0.231. The maximum Gasteiger partial charge on any atom is 0.411 e. The van der Waals surface area contributed by atoms with Gasteiger partial charge in [-0.05, 0) is 54.3 Å². The number of aryl methyl sites for hydroxylation is 1. The van der Waals surface area contributed by atoms with Crippen molar-refractivity contribution in [3.05, 3.63) is 83.4 Å². The average molecular weight is 478 g/mol. The number of nitrogens with one attached hydrogen (secondary N) is 2. The Labute approximate surface area is 202 Å². The molecule has 0 fully saturated rings. The van der Waals surface area contributed by atoms with Gasteiger partial charge in [0.1, 0.15) is 6.61 Å². The first-order valence-electron chi connectivity index (χ1n) is 10.9. The number of nitrogens with zero attached hydrogens (tertiary/aromatic N) is 1. The van der Waals surface area contributed by atoms with E-state index in [1.54, 1.807) is 23.5 Å². The predicted molar refractivity (Wildman–Crippen MR) is 138 cm³/mol. The number of H-pyrrole nitrogens is 1. The normalized spacial score (nSPS) is 11.0. The Morgan fingerprint density at radius 2 is 1.79 bits per heavy atom. The number of anilines is 1. The minimum atomic E-state index is -0.413. The number of amides is 1. The Morgan fingerprint density at radius 1 is 1.00 bits per heavy atom. The van der Waals surface area contributed by atoms with E-state index in [1.807, 2.05) is 48.5 Å². The Balaban J connectivity index is 1.26. The van der Waals surface area contributed by atoms with Gasteiger partial charge < -0.3 is 9.72 Å². The number of hydrogen-bond acceptors (Lipinski definition) is 5. The molecular formula is C26H27N3O2S2. The summed E-state index contributed by atoms with van der Waals surface area (Å²) in [6.45, 7) is 4.56. The number of rotatable bonds is 9. The number of imidazole rings is 1. The van der Waals surface area contributed by atoms with E-state index in [-0.39, 0.29) is 0 Å². The second-order valence-electron chi connectivity index (χ2n) is 7.51. The van der Waals surface area contributed by atoms with Crippen molar-refractivity contribution in [1.82, 2.24) is 9.97 Å². The molecule has 0 saturated heterocycles. The molecule has 2 N–H and O–H groups in total. The highest BCUT2D eigenvalue weighted by molar-refractivity contribution is 7.99. The van der Waals surface area contributed by atoms with Gasteiger partial charge in [0.15, 0.2) is 5.16 Å². The Morgan fingerprint density at radius 3 is 2.64 bits per heavy atom. The smallest absolute Gasteiger partial charge is 0.411 e. The molecule has 3 aromatic carbocycles. The van der Waals surface area contributed by atoms with Crippen LogP contribution in [0.2, 0.25) is 0 Å². The largest absolute Gasteiger partial charge is 0.448 e. The van der Waals surface area contributed by atoms with E-state index in [9.17, 15) is 4.79 Å². The van der Waals surface area contributed by atoms with E-state index in [0.717, 1.165) is 39.6 Å². The third-order valence-corrected chi connectivity index (χ3v) is 7.38. The van der Waals surface area contributed by atoms with Crippen LogP contribution in [0.25, 0.3) is 11.0 Å². The molecule has 0 spiro atoms. The molecule has 7 heteroatoms. The maximum atomic E-state index is 12.1. The molecule has 33 heavy (non-hydrogen) atoms. The molecule has 1 heterocycles. The fourth-order valence-electron chi connectivity index (χ4n) is 3.50. The second kappa shape index (κ2) is 11.3. The summed E-state index contributed by atoms with van der Waals surface area (Å²) in [5.74, 6) is 1.54. The topological polar surface area (TPSA) is 67.0 Å². The number of benzene rings is 3. The zero-order valence-corrected chi connectivity index (χ0v) is 20.4. The Kier molecular flexibility index (Phi) is 7.96. The summed E-state index contributed by atoms with van der Waals surface area (Å²) >= 11 is 3.41. The second-order valence-corrected chi connectivity index (χ2v) is 9.61. The molecule has 0 saturated carbocycles. The lowest BCUT2D eigenvalue weighted by atomic mass is 10.1. The standard InChI is InChI=1S/C26H27N3O2S2/c1-3-19-9-4-5-11-21(19)29-26(30)31-15-16-32-24-14-8-10-20(18(24)2)17-33-25-27-22-12-6-7-13-23(22)28-25/h4-14H,3,15-17H2,1-2H3,(H,27,28)(H,29,30). The van der Waals surface area contributed by atoms with Crippen LogP contribution in [-0.2, 0) is 16.9 Å². The molecule has 4 rings (SSSR count). The molecule has 5 nitrogen and oxygen atoms in total. The molecule has 4 aromatic rings. The number of aromatic nitrogens is 2. The Hall–Kier alpha value is -2.90. The molecule has 1 aromatic heterocycles. The molecule has 1 amide bonds. The van der Waals surface area contributed by atoms with Crippen LogP contribution in [0.1, 0.15) is 23.6 Å². The Bertz CT molecular complexity index is 1210. The van der Waals surface area contributed by atoms with Crippen LogP contribution in [0.3, 0.4) is 0 Å². The number of hydrogen-bond donors (Lipinski definition) is 2. The third-order valence-electron chi connectivity index (χ3n) is 5.34. The van der Waals surface area contributed by atoms with Crippen LogP contribution in [0, 0.1) is 6.92 Å². The molecular weight excluding hydrogens is 450 g/mol. The predicted octanol–water partition coefficient (Wildman–Crippen LogP) is 7.07. The van der Waals surface area contributed by atoms with E-state index < -0.39 is 6.09 Å². The summed E-state index contributed by atoms with van der Waals surface area (Å²) in [7, 11) is 0. The minimum absolute atomic E-state index is 0.349. The van der Waals surface area contributed by atoms with Crippen LogP contribution in [0.15, 0.2) is 76.8 Å². The lowest BCUT2D eigenvalue weighted by Crippen LogP contribution is -2.16. The summed E-state index contributed by atoms with van der Waals surface area (Å²) in [6, 6.07) is 22.2. The van der Waals surface area contributed by atoms with Crippen molar-refractivity contribution in [3.63, 3.8) is 0 Å². The zero-order valence-electron chi connectivity index (χ0n) is 18.8. The van der Waals surface area contributed by atoms with Gasteiger partial charge in [-0.3, -0.25) is 5.32 Å². The van der Waals surface area contributed by atoms with Gasteiger partial charge in [-0.1, -0.05) is 61.2 Å². The van der Waals surface area contributed by atoms with Crippen LogP contribution < -0.4 is 5.32 Å². The van der Waals surface area contributed by atoms with Crippen molar-refractivity contribution in [2.45, 2.75) is 36.1 Å². The first-order valence-corrected chi connectivity index (χ1v) is 12.9. The quantitative estimate of drug-likeness (QED) is 0.199. The first kappa shape index (κ1) is 23.3. The number of carbonyl (C=O) groups excluding carboxylic acids is 1. The monoisotopic (exact) mass is 477 g/mol. The van der Waals surface area contributed by atoms with E-state index in [0.29, 0.717) is 12.4 Å². The van der Waals surface area contributed by atoms with Crippen LogP contribution >= 0.6 is 23.5 Å². The van der Waals surface area contributed by atoms with Gasteiger partial charge in [0.2, 0.25) is 0 Å². The van der Waals surface area contributed by atoms with Gasteiger partial charge in [0.25, 0.3) is 0 Å². The highest BCUT2D eigenvalue weighted by atomic mass is 32.2. The van der Waals surface area contributed by atoms with Gasteiger partial charge in [0.05, 0.1) is 11.0 Å². The lowest BCUT2D eigenvalue weighted by molar-refractivity contribution is 0.169. The zero-order chi connectivity index (χ0) is 23.0. The number of ether oxygens (including phenoxy) is 1. The highest BCUT2D eigenvalue weighted by Gasteiger charge is 2.09. The average Bonchev–Trinajstić information content (AvgIpc) is 3.25. The van der Waals surface area contributed by atoms with E-state index in [4.69, 9.17) is 4.74 Å². The lowest BCUT2D eigenvalue weighted by Gasteiger charge is -2.12. The van der Waals surface area contributed by atoms with Crippen molar-refractivity contribution in [2.24, 2.45) is 0 Å². The number of aromatic amines is 1. The fourth-order valence-corrected chi connectivity index (χ4v) is 5.36. The van der Waals surface area contributed by atoms with Crippen molar-refractivity contribution in [1.29, 1.82) is 0 Å². The summed E-state index contributed by atoms with van der Waals surface area (Å²) in [5, 5.41) is 3.77. The highest BCUT2D eigenvalue weighted by Crippen LogP contribution is 2.29. The summed E-state index contributed by atoms with van der Waals surface area (Å²) in [5.41, 5.74) is 6.49. The summed E-state index contributed by atoms with van der Waals surface area (Å²) in [6.07, 6.45) is 0.445. The van der Waals surface area contributed by atoms with Crippen LogP contribution in [-0.4, -0.2) is 28.4 Å². The number of fused-ring (bicyclic) bond motifs is 1. The summed E-state index contributed by atoms with van der Waals surface area (Å²) < 4.78 is 5.38. The minimum Gasteiger partial charge on any atom is -0.448 e. The number of carbonyl (C=O) groups is 1. The van der Waals surface area contributed by atoms with Crippen molar-refractivity contribution < 1.29 is 9.53 Å². The van der Waals surface area contributed by atoms with Gasteiger partial charge in [0, 0.05) is 22.1 Å². The molecule has 0 aliphatic carbocycles. The SMILES string of the molecule is CCc1ccccc1NC(=O)OCCSc1cccc(CSc2nc3ccccc3[nH]2)c1C. The van der Waals surface area contributed by atoms with Gasteiger partial charge >= 0.3 is 6.09 Å². The van der Waals surface area contributed by atoms with Gasteiger partial charge in [-0.25, -0.2) is 9.78 Å². The summed E-state index contributed by atoms with van der Waals surface area (Å²) in [4.78, 5) is 21.4. The molecule has 0 bridgehead atoms. The molecule has 0 aliphatic heterocycles. The van der Waals surface area contributed by atoms with Crippen molar-refractivity contribution >= 4 is 46.3 Å². The number of para-hydroxylation sites is 3. The molecule has 0 atom stereocenters. The first-order chi connectivity index (χ1) is 16.1. The van der Waals surface area contributed by atoms with Crippen LogP contribution in [0.5, 0.6) is 0 Å². The maximum absolute atomic E-state index is 12.1. The van der Waals surface area contributed by atoms with E-state index in [2.05, 4.69) is 47.3 Å².